The maximum atomic E-state index is 5.75. The number of anilines is 1. The van der Waals surface area contributed by atoms with Crippen molar-refractivity contribution in [3.8, 4) is 0 Å². The lowest BCUT2D eigenvalue weighted by Gasteiger charge is -2.18. The minimum Gasteiger partial charge on any atom is -0.369 e. The molecule has 3 nitrogen and oxygen atoms in total. The molecule has 17 heavy (non-hydrogen) atoms. The van der Waals surface area contributed by atoms with Crippen LogP contribution in [0.1, 0.15) is 11.4 Å². The first-order valence-electron chi connectivity index (χ1n) is 6.09. The molecule has 1 unspecified atom stereocenters. The molecular weight excluding hydrogens is 230 g/mol. The Morgan fingerprint density at radius 2 is 2.41 bits per heavy atom. The molecule has 0 bridgehead atoms. The highest BCUT2D eigenvalue weighted by Gasteiger charge is 2.23. The molecule has 0 amide bonds. The average molecular weight is 247 g/mol. The largest absolute Gasteiger partial charge is 0.369 e. The first-order valence-corrected chi connectivity index (χ1v) is 6.91. The Balaban J connectivity index is 2.00. The molecular formula is C13H17N3S. The van der Waals surface area contributed by atoms with Gasteiger partial charge in [0.25, 0.3) is 0 Å². The van der Waals surface area contributed by atoms with Gasteiger partial charge in [0.1, 0.15) is 5.52 Å². The number of thiazole rings is 1. The molecule has 1 aliphatic rings. The SMILES string of the molecule is Cc1nc2c(N3CCC(CN)C3)cccc2s1. The number of hydrogen-bond donors (Lipinski definition) is 1. The molecule has 1 saturated heterocycles. The van der Waals surface area contributed by atoms with Crippen LogP contribution in [0.2, 0.25) is 0 Å². The van der Waals surface area contributed by atoms with Gasteiger partial charge in [-0.15, -0.1) is 11.3 Å². The predicted octanol–water partition coefficient (Wildman–Crippen LogP) is 2.39. The quantitative estimate of drug-likeness (QED) is 0.886. The van der Waals surface area contributed by atoms with Crippen LogP contribution in [-0.2, 0) is 0 Å². The lowest BCUT2D eigenvalue weighted by molar-refractivity contribution is 0.603. The van der Waals surface area contributed by atoms with Crippen molar-refractivity contribution in [2.24, 2.45) is 11.7 Å². The van der Waals surface area contributed by atoms with Gasteiger partial charge in [0.2, 0.25) is 0 Å². The van der Waals surface area contributed by atoms with E-state index >= 15 is 0 Å². The average Bonchev–Trinajstić information content (AvgIpc) is 2.92. The molecule has 2 N–H and O–H groups in total. The van der Waals surface area contributed by atoms with Crippen LogP contribution in [0.3, 0.4) is 0 Å². The number of aryl methyl sites for hydroxylation is 1. The van der Waals surface area contributed by atoms with Gasteiger partial charge in [-0.3, -0.25) is 0 Å². The van der Waals surface area contributed by atoms with Crippen molar-refractivity contribution in [1.29, 1.82) is 0 Å². The maximum Gasteiger partial charge on any atom is 0.105 e. The lowest BCUT2D eigenvalue weighted by Crippen LogP contribution is -2.22. The molecule has 1 atom stereocenters. The van der Waals surface area contributed by atoms with E-state index in [9.17, 15) is 0 Å². The van der Waals surface area contributed by atoms with Gasteiger partial charge in [-0.05, 0) is 37.9 Å². The fourth-order valence-corrected chi connectivity index (χ4v) is 3.39. The molecule has 2 heterocycles. The molecule has 1 aromatic heterocycles. The Morgan fingerprint density at radius 3 is 3.18 bits per heavy atom. The third-order valence-corrected chi connectivity index (χ3v) is 4.40. The number of benzene rings is 1. The standard InChI is InChI=1S/C13H17N3S/c1-9-15-13-11(3-2-4-12(13)17-9)16-6-5-10(7-14)8-16/h2-4,10H,5-8,14H2,1H3. The lowest BCUT2D eigenvalue weighted by atomic mass is 10.1. The minimum absolute atomic E-state index is 0.644. The van der Waals surface area contributed by atoms with Crippen molar-refractivity contribution >= 4 is 27.2 Å². The van der Waals surface area contributed by atoms with E-state index in [2.05, 4.69) is 35.0 Å². The summed E-state index contributed by atoms with van der Waals surface area (Å²) in [6, 6.07) is 6.46. The highest BCUT2D eigenvalue weighted by atomic mass is 32.1. The summed E-state index contributed by atoms with van der Waals surface area (Å²) in [4.78, 5) is 7.08. The van der Waals surface area contributed by atoms with Crippen LogP contribution < -0.4 is 10.6 Å². The number of para-hydroxylation sites is 1. The fraction of sp³-hybridized carbons (Fsp3) is 0.462. The zero-order chi connectivity index (χ0) is 11.8. The number of fused-ring (bicyclic) bond motifs is 1. The third-order valence-electron chi connectivity index (χ3n) is 3.46. The normalized spacial score (nSPS) is 20.4. The van der Waals surface area contributed by atoms with Gasteiger partial charge < -0.3 is 10.6 Å². The van der Waals surface area contributed by atoms with Crippen LogP contribution in [0.5, 0.6) is 0 Å². The van der Waals surface area contributed by atoms with Crippen LogP contribution in [0.25, 0.3) is 10.2 Å². The fourth-order valence-electron chi connectivity index (χ4n) is 2.54. The van der Waals surface area contributed by atoms with Gasteiger partial charge in [-0.25, -0.2) is 4.98 Å². The van der Waals surface area contributed by atoms with Gasteiger partial charge in [-0.2, -0.15) is 0 Å². The van der Waals surface area contributed by atoms with Crippen molar-refractivity contribution in [1.82, 2.24) is 4.98 Å². The minimum atomic E-state index is 0.644. The molecule has 0 radical (unpaired) electrons. The Morgan fingerprint density at radius 1 is 1.53 bits per heavy atom. The molecule has 1 aromatic carbocycles. The zero-order valence-electron chi connectivity index (χ0n) is 10.0. The summed E-state index contributed by atoms with van der Waals surface area (Å²) in [5.41, 5.74) is 8.19. The Kier molecular flexibility index (Phi) is 2.76. The third kappa shape index (κ3) is 1.91. The number of hydrogen-bond acceptors (Lipinski definition) is 4. The molecule has 1 fully saturated rings. The van der Waals surface area contributed by atoms with Crippen molar-refractivity contribution in [3.05, 3.63) is 23.2 Å². The second-order valence-electron chi connectivity index (χ2n) is 4.69. The summed E-state index contributed by atoms with van der Waals surface area (Å²) in [6.45, 7) is 5.05. The first-order chi connectivity index (χ1) is 8.28. The molecule has 3 rings (SSSR count). The number of aromatic nitrogens is 1. The maximum absolute atomic E-state index is 5.75. The summed E-state index contributed by atoms with van der Waals surface area (Å²) in [5.74, 6) is 0.644. The molecule has 2 aromatic rings. The molecule has 0 saturated carbocycles. The van der Waals surface area contributed by atoms with Crippen molar-refractivity contribution in [3.63, 3.8) is 0 Å². The molecule has 4 heteroatoms. The number of rotatable bonds is 2. The second kappa shape index (κ2) is 4.27. The van der Waals surface area contributed by atoms with E-state index in [1.165, 1.54) is 16.8 Å². The van der Waals surface area contributed by atoms with Gasteiger partial charge in [0, 0.05) is 13.1 Å². The topological polar surface area (TPSA) is 42.2 Å². The van der Waals surface area contributed by atoms with E-state index in [4.69, 9.17) is 5.73 Å². The van der Waals surface area contributed by atoms with Gasteiger partial charge >= 0.3 is 0 Å². The van der Waals surface area contributed by atoms with Crippen LogP contribution in [0.4, 0.5) is 5.69 Å². The van der Waals surface area contributed by atoms with E-state index in [1.807, 2.05) is 0 Å². The molecule has 0 aliphatic carbocycles. The van der Waals surface area contributed by atoms with E-state index in [0.29, 0.717) is 5.92 Å². The summed E-state index contributed by atoms with van der Waals surface area (Å²) < 4.78 is 1.29. The van der Waals surface area contributed by atoms with Crippen LogP contribution in [-0.4, -0.2) is 24.6 Å². The molecule has 90 valence electrons. The highest BCUT2D eigenvalue weighted by Crippen LogP contribution is 2.32. The van der Waals surface area contributed by atoms with E-state index < -0.39 is 0 Å². The predicted molar refractivity (Wildman–Crippen MR) is 73.7 cm³/mol. The number of nitrogens with zero attached hydrogens (tertiary/aromatic N) is 2. The zero-order valence-corrected chi connectivity index (χ0v) is 10.8. The van der Waals surface area contributed by atoms with E-state index in [0.717, 1.165) is 30.2 Å². The second-order valence-corrected chi connectivity index (χ2v) is 5.93. The molecule has 1 aliphatic heterocycles. The summed E-state index contributed by atoms with van der Waals surface area (Å²) >= 11 is 1.77. The summed E-state index contributed by atoms with van der Waals surface area (Å²) in [5, 5.41) is 1.14. The van der Waals surface area contributed by atoms with Gasteiger partial charge in [0.05, 0.1) is 15.4 Å². The smallest absolute Gasteiger partial charge is 0.105 e. The first kappa shape index (κ1) is 11.0. The van der Waals surface area contributed by atoms with Crippen molar-refractivity contribution < 1.29 is 0 Å². The van der Waals surface area contributed by atoms with Crippen LogP contribution >= 0.6 is 11.3 Å². The van der Waals surface area contributed by atoms with Gasteiger partial charge in [-0.1, -0.05) is 6.07 Å². The Hall–Kier alpha value is -1.13. The number of nitrogens with two attached hydrogens (primary N) is 1. The highest BCUT2D eigenvalue weighted by molar-refractivity contribution is 7.18. The van der Waals surface area contributed by atoms with Crippen molar-refractivity contribution in [2.75, 3.05) is 24.5 Å². The molecule has 0 spiro atoms. The van der Waals surface area contributed by atoms with E-state index in [-0.39, 0.29) is 0 Å². The van der Waals surface area contributed by atoms with E-state index in [1.54, 1.807) is 11.3 Å². The Bertz CT molecular complexity index is 534. The van der Waals surface area contributed by atoms with Crippen molar-refractivity contribution in [2.45, 2.75) is 13.3 Å². The summed E-state index contributed by atoms with van der Waals surface area (Å²) in [7, 11) is 0. The van der Waals surface area contributed by atoms with Crippen LogP contribution in [0.15, 0.2) is 18.2 Å². The monoisotopic (exact) mass is 247 g/mol. The van der Waals surface area contributed by atoms with Crippen LogP contribution in [0, 0.1) is 12.8 Å². The summed E-state index contributed by atoms with van der Waals surface area (Å²) in [6.07, 6.45) is 1.20. The van der Waals surface area contributed by atoms with Gasteiger partial charge in [0.15, 0.2) is 0 Å². The Labute approximate surface area is 105 Å².